The van der Waals surface area contributed by atoms with Crippen molar-refractivity contribution < 1.29 is 4.79 Å². The van der Waals surface area contributed by atoms with E-state index in [4.69, 9.17) is 0 Å². The van der Waals surface area contributed by atoms with Crippen molar-refractivity contribution in [1.29, 1.82) is 21.0 Å². The van der Waals surface area contributed by atoms with Crippen LogP contribution in [0.1, 0.15) is 52.2 Å². The second-order valence-corrected chi connectivity index (χ2v) is 8.96. The van der Waals surface area contributed by atoms with Gasteiger partial charge in [0.2, 0.25) is 0 Å². The molecule has 40 heavy (non-hydrogen) atoms. The third-order valence-corrected chi connectivity index (χ3v) is 7.24. The number of hydrogen-bond donors (Lipinski definition) is 0. The van der Waals surface area contributed by atoms with Crippen molar-refractivity contribution in [2.24, 2.45) is 0 Å². The molecule has 184 valence electrons. The molecule has 2 aliphatic carbocycles. The molecular weight excluding hydrogens is 496 g/mol. The van der Waals surface area contributed by atoms with E-state index in [0.717, 1.165) is 5.39 Å². The molecule has 0 radical (unpaired) electrons. The zero-order valence-corrected chi connectivity index (χ0v) is 21.4. The van der Waals surface area contributed by atoms with Gasteiger partial charge in [0.1, 0.15) is 29.1 Å². The number of benzene rings is 4. The molecule has 0 fully saturated rings. The predicted molar refractivity (Wildman–Crippen MR) is 149 cm³/mol. The maximum Gasteiger partial charge on any atom is 0.196 e. The summed E-state index contributed by atoms with van der Waals surface area (Å²) in [6, 6.07) is 26.2. The molecule has 0 spiro atoms. The van der Waals surface area contributed by atoms with Crippen molar-refractivity contribution >= 4 is 32.9 Å². The normalized spacial score (nSPS) is 11.7. The maximum absolute atomic E-state index is 14.1. The van der Waals surface area contributed by atoms with E-state index < -0.39 is 0 Å². The molecule has 0 aliphatic heterocycles. The Morgan fingerprint density at radius 3 is 1.68 bits per heavy atom. The first-order valence-corrected chi connectivity index (χ1v) is 12.6. The number of nitrogens with zero attached hydrogens (tertiary/aromatic N) is 6. The molecule has 7 rings (SSSR count). The summed E-state index contributed by atoms with van der Waals surface area (Å²) in [5.74, 6) is -0.306. The molecule has 4 aromatic carbocycles. The number of carbonyl (C=O) groups excluding carboxylic acids is 1. The molecule has 7 nitrogen and oxygen atoms in total. The zero-order chi connectivity index (χ0) is 28.1. The van der Waals surface area contributed by atoms with Gasteiger partial charge in [0.25, 0.3) is 0 Å². The molecule has 0 saturated carbocycles. The molecule has 2 aliphatic rings. The highest BCUT2D eigenvalue weighted by atomic mass is 16.1. The lowest BCUT2D eigenvalue weighted by Crippen LogP contribution is -2.02. The molecule has 0 saturated heterocycles. The second-order valence-electron chi connectivity index (χ2n) is 8.96. The monoisotopic (exact) mass is 512 g/mol. The number of carbonyl (C=O) groups is 1. The number of ketones is 1. The van der Waals surface area contributed by atoms with Gasteiger partial charge >= 0.3 is 0 Å². The lowest BCUT2D eigenvalue weighted by Gasteiger charge is -2.10. The zero-order valence-electron chi connectivity index (χ0n) is 21.4. The first kappa shape index (κ1) is 24.2. The Balaban J connectivity index is 0.00000142. The number of nitriles is 4. The van der Waals surface area contributed by atoms with Crippen molar-refractivity contribution in [3.63, 3.8) is 0 Å². The van der Waals surface area contributed by atoms with Crippen LogP contribution in [-0.2, 0) is 0 Å². The SMILES string of the molecule is CC.N#CC(C#N)=C1c2cc(C#N)c3ccccc3c2-c2c1nnc1c2C(=O)c2cc(C#N)c3ccccc3c2-1. The van der Waals surface area contributed by atoms with Crippen LogP contribution in [0.4, 0.5) is 0 Å². The minimum atomic E-state index is -0.306. The number of allylic oxidation sites excluding steroid dienone is 1. The van der Waals surface area contributed by atoms with Crippen LogP contribution in [0.3, 0.4) is 0 Å². The summed E-state index contributed by atoms with van der Waals surface area (Å²) in [7, 11) is 0. The number of rotatable bonds is 0. The maximum atomic E-state index is 14.1. The Morgan fingerprint density at radius 2 is 1.12 bits per heavy atom. The lowest BCUT2D eigenvalue weighted by atomic mass is 9.91. The molecule has 5 aromatic rings. The van der Waals surface area contributed by atoms with Gasteiger partial charge in [-0.1, -0.05) is 62.4 Å². The first-order chi connectivity index (χ1) is 19.6. The summed E-state index contributed by atoms with van der Waals surface area (Å²) < 4.78 is 0. The van der Waals surface area contributed by atoms with Gasteiger partial charge in [0.15, 0.2) is 5.78 Å². The van der Waals surface area contributed by atoms with E-state index in [2.05, 4.69) is 22.3 Å². The van der Waals surface area contributed by atoms with Gasteiger partial charge in [0.05, 0.1) is 28.8 Å². The predicted octanol–water partition coefficient (Wildman–Crippen LogP) is 6.59. The van der Waals surface area contributed by atoms with Crippen LogP contribution < -0.4 is 0 Å². The molecule has 0 bridgehead atoms. The fourth-order valence-electron chi connectivity index (χ4n) is 5.74. The third kappa shape index (κ3) is 2.98. The van der Waals surface area contributed by atoms with Gasteiger partial charge in [-0.05, 0) is 28.5 Å². The molecular formula is C33H16N6O. The van der Waals surface area contributed by atoms with Gasteiger partial charge in [-0.15, -0.1) is 10.2 Å². The van der Waals surface area contributed by atoms with Gasteiger partial charge in [-0.25, -0.2) is 0 Å². The summed E-state index contributed by atoms with van der Waals surface area (Å²) in [4.78, 5) is 14.1. The third-order valence-electron chi connectivity index (χ3n) is 7.24. The number of fused-ring (bicyclic) bond motifs is 11. The van der Waals surface area contributed by atoms with Crippen molar-refractivity contribution in [2.75, 3.05) is 0 Å². The van der Waals surface area contributed by atoms with E-state index in [0.29, 0.717) is 66.4 Å². The van der Waals surface area contributed by atoms with Gasteiger partial charge < -0.3 is 0 Å². The van der Waals surface area contributed by atoms with Gasteiger partial charge in [-0.2, -0.15) is 21.0 Å². The van der Waals surface area contributed by atoms with E-state index in [1.54, 1.807) is 12.1 Å². The fourth-order valence-corrected chi connectivity index (χ4v) is 5.74. The largest absolute Gasteiger partial charge is 0.288 e. The smallest absolute Gasteiger partial charge is 0.196 e. The van der Waals surface area contributed by atoms with E-state index in [1.165, 1.54) is 0 Å². The highest BCUT2D eigenvalue weighted by molar-refractivity contribution is 6.31. The van der Waals surface area contributed by atoms with Crippen LogP contribution in [0.2, 0.25) is 0 Å². The molecule has 1 aromatic heterocycles. The Kier molecular flexibility index (Phi) is 5.45. The van der Waals surface area contributed by atoms with Crippen LogP contribution in [0.15, 0.2) is 66.2 Å². The van der Waals surface area contributed by atoms with Crippen molar-refractivity contribution in [1.82, 2.24) is 10.2 Å². The minimum Gasteiger partial charge on any atom is -0.288 e. The van der Waals surface area contributed by atoms with Crippen LogP contribution in [0.25, 0.3) is 49.5 Å². The Hall–Kier alpha value is -6.15. The van der Waals surface area contributed by atoms with E-state index >= 15 is 0 Å². The molecule has 0 amide bonds. The summed E-state index contributed by atoms with van der Waals surface area (Å²) >= 11 is 0. The first-order valence-electron chi connectivity index (χ1n) is 12.6. The van der Waals surface area contributed by atoms with E-state index in [-0.39, 0.29) is 22.6 Å². The number of aromatic nitrogens is 2. The Bertz CT molecular complexity index is 2180. The molecule has 0 unspecified atom stereocenters. The summed E-state index contributed by atoms with van der Waals surface area (Å²) in [5, 5.41) is 51.0. The van der Waals surface area contributed by atoms with Crippen LogP contribution in [0, 0.1) is 45.3 Å². The van der Waals surface area contributed by atoms with Crippen LogP contribution >= 0.6 is 0 Å². The second kappa shape index (κ2) is 9.00. The molecule has 1 heterocycles. The highest BCUT2D eigenvalue weighted by Crippen LogP contribution is 2.54. The van der Waals surface area contributed by atoms with Gasteiger partial charge in [-0.3, -0.25) is 4.79 Å². The highest BCUT2D eigenvalue weighted by Gasteiger charge is 2.41. The standard InChI is InChI=1S/C31H10N6O.C2H6/c32-11-15-9-22-24(17(13-34)14-35)29-27(25(22)20-7-3-1-5-18(15)20)28-30(37-36-29)26-21-8-4-2-6-19(21)16(12-33)10-23(26)31(28)38;1-2/h1-10H;1-2H3. The molecule has 0 N–H and O–H groups in total. The lowest BCUT2D eigenvalue weighted by molar-refractivity contribution is 0.104. The minimum absolute atomic E-state index is 0.182. The molecule has 0 atom stereocenters. The van der Waals surface area contributed by atoms with E-state index in [9.17, 15) is 25.8 Å². The van der Waals surface area contributed by atoms with Crippen molar-refractivity contribution in [3.05, 3.63) is 99.7 Å². The van der Waals surface area contributed by atoms with Crippen LogP contribution in [-0.4, -0.2) is 16.0 Å². The average molecular weight is 513 g/mol. The summed E-state index contributed by atoms with van der Waals surface area (Å²) in [6.45, 7) is 4.00. The molecule has 7 heteroatoms. The van der Waals surface area contributed by atoms with Crippen molar-refractivity contribution in [2.45, 2.75) is 13.8 Å². The average Bonchev–Trinajstić information content (AvgIpc) is 3.50. The van der Waals surface area contributed by atoms with E-state index in [1.807, 2.05) is 74.5 Å². The van der Waals surface area contributed by atoms with Gasteiger partial charge in [0, 0.05) is 38.6 Å². The quantitative estimate of drug-likeness (QED) is 0.209. The topological polar surface area (TPSA) is 138 Å². The Labute approximate surface area is 229 Å². The fraction of sp³-hybridized carbons (Fsp3) is 0.0606. The summed E-state index contributed by atoms with van der Waals surface area (Å²) in [6.07, 6.45) is 0. The Morgan fingerprint density at radius 1 is 0.625 bits per heavy atom. The number of hydrogen-bond acceptors (Lipinski definition) is 7. The summed E-state index contributed by atoms with van der Waals surface area (Å²) in [5.41, 5.74) is 4.34. The van der Waals surface area contributed by atoms with Crippen LogP contribution in [0.5, 0.6) is 0 Å². The van der Waals surface area contributed by atoms with Crippen molar-refractivity contribution in [3.8, 4) is 46.7 Å².